The molecule has 0 N–H and O–H groups in total. The van der Waals surface area contributed by atoms with Crippen LogP contribution in [0.1, 0.15) is 105 Å². The van der Waals surface area contributed by atoms with Gasteiger partial charge in [-0.2, -0.15) is 0 Å². The summed E-state index contributed by atoms with van der Waals surface area (Å²) < 4.78 is 10.7. The molecule has 3 heterocycles. The second-order valence-electron chi connectivity index (χ2n) is 24.8. The third-order valence-electron chi connectivity index (χ3n) is 17.8. The maximum absolute atomic E-state index is 5.65. The van der Waals surface area contributed by atoms with Gasteiger partial charge in [0.1, 0.15) is 11.2 Å². The van der Waals surface area contributed by atoms with Gasteiger partial charge in [0.15, 0.2) is 0 Å². The minimum Gasteiger partial charge on any atom is -0.456 e. The number of furan rings is 1. The lowest BCUT2D eigenvalue weighted by molar-refractivity contribution is 0.660. The van der Waals surface area contributed by atoms with Gasteiger partial charge in [-0.15, -0.1) is 11.3 Å². The fourth-order valence-electron chi connectivity index (χ4n) is 13.0. The third-order valence-corrected chi connectivity index (χ3v) is 18.9. The molecule has 0 saturated heterocycles. The van der Waals surface area contributed by atoms with Gasteiger partial charge in [0, 0.05) is 52.8 Å². The SMILES string of the molecule is CC.CC.CC.CC.CC.CC1(C)c2ccccc2-c2ccccc21.Cc1cc(-c2ccccc2)cc(-c2ccccc2)c1.Cc1ccccc1.c1ccc(-c2ccccc2)cc1.c1ccc(-n2c3ccccc3c3ccccc32)cc1.c1ccc2c(c1)oc1ccccc12.c1ccc2c(c1)sc1ccccc12. The molecule has 0 radical (unpaired) electrons. The monoisotopic (exact) mass is 1430 g/mol. The van der Waals surface area contributed by atoms with Crippen molar-refractivity contribution in [3.05, 3.63) is 417 Å². The Morgan fingerprint density at radius 3 is 0.880 bits per heavy atom. The molecule has 3 aromatic heterocycles. The van der Waals surface area contributed by atoms with Gasteiger partial charge in [-0.1, -0.05) is 428 Å². The second-order valence-corrected chi connectivity index (χ2v) is 25.9. The van der Waals surface area contributed by atoms with Crippen LogP contribution < -0.4 is 0 Å². The summed E-state index contributed by atoms with van der Waals surface area (Å²) in [5.41, 5.74) is 21.8. The van der Waals surface area contributed by atoms with Crippen LogP contribution in [0, 0.1) is 13.8 Å². The Labute approximate surface area is 649 Å². The summed E-state index contributed by atoms with van der Waals surface area (Å²) in [7, 11) is 0. The maximum Gasteiger partial charge on any atom is 0.135 e. The summed E-state index contributed by atoms with van der Waals surface area (Å²) in [6, 6.07) is 137. The number of nitrogens with zero attached hydrogens (tertiary/aromatic N) is 1. The van der Waals surface area contributed by atoms with Crippen molar-refractivity contribution in [2.24, 2.45) is 0 Å². The van der Waals surface area contributed by atoms with Crippen molar-refractivity contribution in [2.75, 3.05) is 0 Å². The van der Waals surface area contributed by atoms with Gasteiger partial charge < -0.3 is 8.98 Å². The Kier molecular flexibility index (Phi) is 33.0. The quantitative estimate of drug-likeness (QED) is 0.172. The number of aryl methyl sites for hydroxylation is 2. The van der Waals surface area contributed by atoms with E-state index in [1.54, 1.807) is 0 Å². The van der Waals surface area contributed by atoms with Crippen molar-refractivity contribution in [2.45, 2.75) is 102 Å². The molecule has 108 heavy (non-hydrogen) atoms. The highest BCUT2D eigenvalue weighted by molar-refractivity contribution is 7.25. The highest BCUT2D eigenvalue weighted by Gasteiger charge is 2.34. The summed E-state index contributed by atoms with van der Waals surface area (Å²) >= 11 is 1.86. The number of para-hydroxylation sites is 5. The number of rotatable bonds is 4. The van der Waals surface area contributed by atoms with Gasteiger partial charge in [-0.25, -0.2) is 0 Å². The number of hydrogen-bond acceptors (Lipinski definition) is 2. The zero-order chi connectivity index (χ0) is 76.9. The number of thiophene rings is 1. The summed E-state index contributed by atoms with van der Waals surface area (Å²) in [5.74, 6) is 0. The maximum atomic E-state index is 5.65. The van der Waals surface area contributed by atoms with Gasteiger partial charge in [0.25, 0.3) is 0 Å². The Morgan fingerprint density at radius 2 is 0.519 bits per heavy atom. The average Bonchev–Trinajstić information content (AvgIpc) is 1.60. The van der Waals surface area contributed by atoms with E-state index in [1.165, 1.54) is 125 Å². The molecule has 0 bridgehead atoms. The normalized spacial score (nSPS) is 10.6. The van der Waals surface area contributed by atoms with E-state index in [9.17, 15) is 0 Å². The zero-order valence-corrected chi connectivity index (χ0v) is 66.6. The van der Waals surface area contributed by atoms with Crippen LogP contribution in [0.3, 0.4) is 0 Å². The summed E-state index contributed by atoms with van der Waals surface area (Å²) in [6.07, 6.45) is 0. The van der Waals surface area contributed by atoms with E-state index in [0.29, 0.717) is 0 Å². The molecular formula is C105H107NOS. The van der Waals surface area contributed by atoms with E-state index in [0.717, 1.165) is 11.2 Å². The standard InChI is InChI=1S/C19H16.C18H13N.C15H14.C12H8O.C12H8S.C12H10.C7H8.5C2H6/c1-15-12-18(16-8-4-2-5-9-16)14-19(13-15)17-10-6-3-7-11-17;1-2-8-14(9-3-1)19-17-12-6-4-10-15(17)16-11-5-7-13-18(16)19;1-15(2)13-9-5-3-7-11(13)12-8-4-6-10-14(12)15;2*1-3-7-11-9(5-1)10-6-2-4-8-12(10)13-11;1-3-7-11(8-4-1)12-9-5-2-6-10-12;1-7-5-3-2-4-6-7;5*1-2/h2-14H,1H3;1-13H;3-10H,1-2H3;2*1-8H;1-10H;2-6H,1H3;5*1-2H3. The first-order valence-corrected chi connectivity index (χ1v) is 39.4. The highest BCUT2D eigenvalue weighted by atomic mass is 32.1. The lowest BCUT2D eigenvalue weighted by Crippen LogP contribution is -2.14. The minimum atomic E-state index is 0.160. The Bertz CT molecular complexity index is 5140. The number of aromatic nitrogens is 1. The molecule has 3 heteroatoms. The molecular weight excluding hydrogens is 1320 g/mol. The van der Waals surface area contributed by atoms with E-state index in [2.05, 4.69) is 360 Å². The molecule has 1 aliphatic carbocycles. The molecule has 544 valence electrons. The van der Waals surface area contributed by atoms with Crippen LogP contribution in [-0.4, -0.2) is 4.57 Å². The summed E-state index contributed by atoms with van der Waals surface area (Å²) in [6.45, 7) is 28.8. The van der Waals surface area contributed by atoms with Crippen molar-refractivity contribution in [3.63, 3.8) is 0 Å². The Balaban J connectivity index is 0.000000158. The lowest BCUT2D eigenvalue weighted by atomic mass is 9.82. The molecule has 18 aromatic rings. The van der Waals surface area contributed by atoms with Gasteiger partial charge in [0.05, 0.1) is 11.0 Å². The van der Waals surface area contributed by atoms with Crippen LogP contribution in [0.25, 0.3) is 114 Å². The molecule has 1 aliphatic rings. The lowest BCUT2D eigenvalue weighted by Gasteiger charge is -2.20. The van der Waals surface area contributed by atoms with Crippen molar-refractivity contribution in [1.82, 2.24) is 4.57 Å². The molecule has 2 nitrogen and oxygen atoms in total. The predicted molar refractivity (Wildman–Crippen MR) is 480 cm³/mol. The van der Waals surface area contributed by atoms with Gasteiger partial charge in [0.2, 0.25) is 0 Å². The summed E-state index contributed by atoms with van der Waals surface area (Å²) in [4.78, 5) is 0. The van der Waals surface area contributed by atoms with Crippen LogP contribution in [-0.2, 0) is 5.41 Å². The predicted octanol–water partition coefficient (Wildman–Crippen LogP) is 32.2. The van der Waals surface area contributed by atoms with E-state index < -0.39 is 0 Å². The molecule has 19 rings (SSSR count). The first-order valence-electron chi connectivity index (χ1n) is 38.6. The van der Waals surface area contributed by atoms with Gasteiger partial charge in [-0.3, -0.25) is 0 Å². The van der Waals surface area contributed by atoms with Crippen LogP contribution >= 0.6 is 11.3 Å². The number of benzene rings is 15. The second kappa shape index (κ2) is 43.5. The fourth-order valence-corrected chi connectivity index (χ4v) is 14.1. The Hall–Kier alpha value is -11.9. The van der Waals surface area contributed by atoms with E-state index in [4.69, 9.17) is 4.42 Å². The van der Waals surface area contributed by atoms with Gasteiger partial charge >= 0.3 is 0 Å². The highest BCUT2D eigenvalue weighted by Crippen LogP contribution is 2.48. The molecule has 0 saturated carbocycles. The first-order chi connectivity index (χ1) is 53.2. The van der Waals surface area contributed by atoms with Crippen molar-refractivity contribution < 1.29 is 4.42 Å². The van der Waals surface area contributed by atoms with Gasteiger partial charge in [-0.05, 0) is 130 Å². The molecule has 15 aromatic carbocycles. The van der Waals surface area contributed by atoms with Crippen molar-refractivity contribution >= 4 is 75.3 Å². The number of hydrogen-bond donors (Lipinski definition) is 0. The fraction of sp³-hybridized carbons (Fsp3) is 0.143. The molecule has 0 amide bonds. The zero-order valence-electron chi connectivity index (χ0n) is 65.8. The number of fused-ring (bicyclic) bond motifs is 12. The molecule has 0 atom stereocenters. The topological polar surface area (TPSA) is 18.1 Å². The minimum absolute atomic E-state index is 0.160. The first kappa shape index (κ1) is 81.8. The average molecular weight is 1430 g/mol. The van der Waals surface area contributed by atoms with Crippen molar-refractivity contribution in [1.29, 1.82) is 0 Å². The van der Waals surface area contributed by atoms with E-state index in [1.807, 2.05) is 147 Å². The van der Waals surface area contributed by atoms with E-state index >= 15 is 0 Å². The summed E-state index contributed by atoms with van der Waals surface area (Å²) in [5, 5.41) is 7.76. The molecule has 0 aliphatic heterocycles. The molecule has 0 unspecified atom stereocenters. The van der Waals surface area contributed by atoms with Crippen molar-refractivity contribution in [3.8, 4) is 50.2 Å². The third kappa shape index (κ3) is 21.2. The van der Waals surface area contributed by atoms with E-state index in [-0.39, 0.29) is 5.41 Å². The largest absolute Gasteiger partial charge is 0.456 e. The van der Waals surface area contributed by atoms with Crippen LogP contribution in [0.2, 0.25) is 0 Å². The molecule has 0 spiro atoms. The molecule has 0 fully saturated rings. The van der Waals surface area contributed by atoms with Crippen LogP contribution in [0.5, 0.6) is 0 Å². The van der Waals surface area contributed by atoms with Crippen LogP contribution in [0.4, 0.5) is 0 Å². The smallest absolute Gasteiger partial charge is 0.135 e. The van der Waals surface area contributed by atoms with Crippen LogP contribution in [0.15, 0.2) is 399 Å². The Morgan fingerprint density at radius 1 is 0.241 bits per heavy atom.